The minimum absolute atomic E-state index is 0.280. The van der Waals surface area contributed by atoms with Crippen molar-refractivity contribution in [3.05, 3.63) is 71.4 Å². The minimum Gasteiger partial charge on any atom is -0.490 e. The largest absolute Gasteiger partial charge is 0.490 e. The molecule has 6 nitrogen and oxygen atoms in total. The van der Waals surface area contributed by atoms with Gasteiger partial charge in [-0.15, -0.1) is 11.3 Å². The van der Waals surface area contributed by atoms with Crippen LogP contribution in [-0.4, -0.2) is 25.0 Å². The second-order valence-corrected chi connectivity index (χ2v) is 7.34. The van der Waals surface area contributed by atoms with Crippen LogP contribution in [0.3, 0.4) is 0 Å². The van der Waals surface area contributed by atoms with Gasteiger partial charge in [0.2, 0.25) is 0 Å². The van der Waals surface area contributed by atoms with Gasteiger partial charge in [-0.05, 0) is 48.4 Å². The van der Waals surface area contributed by atoms with Crippen LogP contribution in [0.15, 0.2) is 60.7 Å². The Labute approximate surface area is 177 Å². The molecule has 0 aliphatic heterocycles. The van der Waals surface area contributed by atoms with Gasteiger partial charge >= 0.3 is 0 Å². The van der Waals surface area contributed by atoms with Crippen molar-refractivity contribution in [3.63, 3.8) is 0 Å². The van der Waals surface area contributed by atoms with E-state index in [1.807, 2.05) is 13.0 Å². The molecule has 0 saturated carbocycles. The zero-order valence-electron chi connectivity index (χ0n) is 16.3. The molecule has 3 rings (SSSR count). The molecule has 0 aliphatic rings. The predicted molar refractivity (Wildman–Crippen MR) is 113 cm³/mol. The van der Waals surface area contributed by atoms with Crippen molar-refractivity contribution in [2.45, 2.75) is 13.3 Å². The summed E-state index contributed by atoms with van der Waals surface area (Å²) in [4.78, 5) is 25.5. The molecule has 3 aromatic rings. The quantitative estimate of drug-likeness (QED) is 0.528. The van der Waals surface area contributed by atoms with E-state index in [1.165, 1.54) is 23.5 Å². The number of para-hydroxylation sites is 2. The lowest BCUT2D eigenvalue weighted by molar-refractivity contribution is -0.123. The van der Waals surface area contributed by atoms with Gasteiger partial charge in [-0.25, -0.2) is 4.39 Å². The smallest absolute Gasteiger partial charge is 0.279 e. The first-order chi connectivity index (χ1) is 14.6. The summed E-state index contributed by atoms with van der Waals surface area (Å²) in [7, 11) is 0. The van der Waals surface area contributed by atoms with Crippen molar-refractivity contribution in [2.24, 2.45) is 0 Å². The standard InChI is InChI=1S/C22H21FN2O4S/c1-2-13-28-17-5-3-4-6-18(17)29-14-21(26)24-25-22(27)20-12-11-19(30-20)15-7-9-16(23)10-8-15/h3-12H,2,13-14H2,1H3,(H,24,26)(H,25,27). The van der Waals surface area contributed by atoms with E-state index in [-0.39, 0.29) is 12.4 Å². The highest BCUT2D eigenvalue weighted by molar-refractivity contribution is 7.17. The monoisotopic (exact) mass is 428 g/mol. The summed E-state index contributed by atoms with van der Waals surface area (Å²) in [6, 6.07) is 16.5. The maximum atomic E-state index is 13.0. The first-order valence-corrected chi connectivity index (χ1v) is 10.2. The van der Waals surface area contributed by atoms with Gasteiger partial charge in [0.25, 0.3) is 11.8 Å². The summed E-state index contributed by atoms with van der Waals surface area (Å²) in [5.74, 6) is -0.271. The number of amides is 2. The molecule has 2 N–H and O–H groups in total. The Bertz CT molecular complexity index is 1000. The molecule has 0 saturated heterocycles. The Kier molecular flexibility index (Phi) is 7.40. The first kappa shape index (κ1) is 21.3. The first-order valence-electron chi connectivity index (χ1n) is 9.36. The molecule has 0 unspecified atom stereocenters. The molecule has 0 fully saturated rings. The average Bonchev–Trinajstić information content (AvgIpc) is 3.26. The van der Waals surface area contributed by atoms with Gasteiger partial charge in [0, 0.05) is 4.88 Å². The van der Waals surface area contributed by atoms with E-state index in [2.05, 4.69) is 10.9 Å². The van der Waals surface area contributed by atoms with E-state index in [1.54, 1.807) is 42.5 Å². The molecule has 1 heterocycles. The second kappa shape index (κ2) is 10.4. The predicted octanol–water partition coefficient (Wildman–Crippen LogP) is 4.18. The highest BCUT2D eigenvalue weighted by atomic mass is 32.1. The van der Waals surface area contributed by atoms with Gasteiger partial charge in [0.15, 0.2) is 18.1 Å². The fourth-order valence-corrected chi connectivity index (χ4v) is 3.40. The van der Waals surface area contributed by atoms with Crippen LogP contribution in [0.1, 0.15) is 23.0 Å². The van der Waals surface area contributed by atoms with E-state index < -0.39 is 11.8 Å². The van der Waals surface area contributed by atoms with Crippen molar-refractivity contribution >= 4 is 23.2 Å². The van der Waals surface area contributed by atoms with Gasteiger partial charge in [-0.3, -0.25) is 20.4 Å². The summed E-state index contributed by atoms with van der Waals surface area (Å²) in [5, 5.41) is 0. The number of hydrazine groups is 1. The number of hydrogen-bond acceptors (Lipinski definition) is 5. The number of carbonyl (C=O) groups is 2. The second-order valence-electron chi connectivity index (χ2n) is 6.26. The van der Waals surface area contributed by atoms with Crippen LogP contribution < -0.4 is 20.3 Å². The highest BCUT2D eigenvalue weighted by Crippen LogP contribution is 2.28. The molecule has 8 heteroatoms. The third-order valence-electron chi connectivity index (χ3n) is 3.94. The Hall–Kier alpha value is -3.39. The lowest BCUT2D eigenvalue weighted by atomic mass is 10.2. The Morgan fingerprint density at radius 3 is 2.33 bits per heavy atom. The van der Waals surface area contributed by atoms with Crippen LogP contribution in [0, 0.1) is 5.82 Å². The van der Waals surface area contributed by atoms with E-state index in [9.17, 15) is 14.0 Å². The SMILES string of the molecule is CCCOc1ccccc1OCC(=O)NNC(=O)c1ccc(-c2ccc(F)cc2)s1. The van der Waals surface area contributed by atoms with Crippen molar-refractivity contribution in [2.75, 3.05) is 13.2 Å². The van der Waals surface area contributed by atoms with Crippen molar-refractivity contribution < 1.29 is 23.5 Å². The third-order valence-corrected chi connectivity index (χ3v) is 5.08. The number of carbonyl (C=O) groups excluding carboxylic acids is 2. The molecule has 0 aliphatic carbocycles. The lowest BCUT2D eigenvalue weighted by Gasteiger charge is -2.12. The number of hydrogen-bond donors (Lipinski definition) is 2. The van der Waals surface area contributed by atoms with Gasteiger partial charge in [0.05, 0.1) is 11.5 Å². The van der Waals surface area contributed by atoms with Crippen LogP contribution >= 0.6 is 11.3 Å². The maximum Gasteiger partial charge on any atom is 0.279 e. The average molecular weight is 428 g/mol. The summed E-state index contributed by atoms with van der Waals surface area (Å²) >= 11 is 1.24. The zero-order valence-corrected chi connectivity index (χ0v) is 17.1. The number of benzene rings is 2. The van der Waals surface area contributed by atoms with Crippen LogP contribution in [-0.2, 0) is 4.79 Å². The Morgan fingerprint density at radius 1 is 0.933 bits per heavy atom. The van der Waals surface area contributed by atoms with Crippen molar-refractivity contribution in [3.8, 4) is 21.9 Å². The molecule has 0 bridgehead atoms. The molecule has 156 valence electrons. The van der Waals surface area contributed by atoms with Gasteiger partial charge in [-0.2, -0.15) is 0 Å². The van der Waals surface area contributed by atoms with Crippen LogP contribution in [0.2, 0.25) is 0 Å². The number of halogens is 1. The van der Waals surface area contributed by atoms with Crippen LogP contribution in [0.25, 0.3) is 10.4 Å². The van der Waals surface area contributed by atoms with E-state index in [0.717, 1.165) is 16.9 Å². The number of ether oxygens (including phenoxy) is 2. The van der Waals surface area contributed by atoms with Gasteiger partial charge < -0.3 is 9.47 Å². The molecule has 2 amide bonds. The third kappa shape index (κ3) is 5.81. The molecular weight excluding hydrogens is 407 g/mol. The molecule has 0 radical (unpaired) electrons. The fraction of sp³-hybridized carbons (Fsp3) is 0.182. The molecule has 2 aromatic carbocycles. The van der Waals surface area contributed by atoms with E-state index in [0.29, 0.717) is 23.0 Å². The number of thiophene rings is 1. The summed E-state index contributed by atoms with van der Waals surface area (Å²) < 4.78 is 24.1. The Morgan fingerprint density at radius 2 is 1.63 bits per heavy atom. The van der Waals surface area contributed by atoms with E-state index >= 15 is 0 Å². The topological polar surface area (TPSA) is 76.7 Å². The Balaban J connectivity index is 1.49. The maximum absolute atomic E-state index is 13.0. The van der Waals surface area contributed by atoms with Gasteiger partial charge in [-0.1, -0.05) is 31.2 Å². The normalized spacial score (nSPS) is 10.3. The number of rotatable bonds is 8. The summed E-state index contributed by atoms with van der Waals surface area (Å²) in [6.07, 6.45) is 0.854. The van der Waals surface area contributed by atoms with Gasteiger partial charge in [0.1, 0.15) is 5.82 Å². The summed E-state index contributed by atoms with van der Waals surface area (Å²) in [6.45, 7) is 2.26. The zero-order chi connectivity index (χ0) is 21.3. The fourth-order valence-electron chi connectivity index (χ4n) is 2.50. The van der Waals surface area contributed by atoms with Crippen LogP contribution in [0.4, 0.5) is 4.39 Å². The van der Waals surface area contributed by atoms with Crippen LogP contribution in [0.5, 0.6) is 11.5 Å². The molecule has 30 heavy (non-hydrogen) atoms. The molecular formula is C22H21FN2O4S. The minimum atomic E-state index is -0.510. The van der Waals surface area contributed by atoms with Crippen molar-refractivity contribution in [1.82, 2.24) is 10.9 Å². The van der Waals surface area contributed by atoms with E-state index in [4.69, 9.17) is 9.47 Å². The summed E-state index contributed by atoms with van der Waals surface area (Å²) in [5.41, 5.74) is 5.49. The highest BCUT2D eigenvalue weighted by Gasteiger charge is 2.12. The lowest BCUT2D eigenvalue weighted by Crippen LogP contribution is -2.43. The molecule has 1 aromatic heterocycles. The molecule has 0 atom stereocenters. The molecule has 0 spiro atoms. The number of nitrogens with one attached hydrogen (secondary N) is 2. The van der Waals surface area contributed by atoms with Crippen molar-refractivity contribution in [1.29, 1.82) is 0 Å².